The van der Waals surface area contributed by atoms with Crippen molar-refractivity contribution in [2.75, 3.05) is 11.5 Å². The van der Waals surface area contributed by atoms with Gasteiger partial charge in [0, 0.05) is 12.4 Å². The summed E-state index contributed by atoms with van der Waals surface area (Å²) in [5.41, 5.74) is 12.1. The molecule has 0 unspecified atom stereocenters. The van der Waals surface area contributed by atoms with Gasteiger partial charge >= 0.3 is 11.4 Å². The number of aromatic amines is 1. The lowest BCUT2D eigenvalue weighted by atomic mass is 9.76. The van der Waals surface area contributed by atoms with E-state index in [9.17, 15) is 9.59 Å². The summed E-state index contributed by atoms with van der Waals surface area (Å²) in [4.78, 5) is 32.9. The zero-order valence-corrected chi connectivity index (χ0v) is 18.8. The van der Waals surface area contributed by atoms with Crippen molar-refractivity contribution in [2.24, 2.45) is 0 Å². The van der Waals surface area contributed by atoms with E-state index in [1.54, 1.807) is 16.8 Å². The van der Waals surface area contributed by atoms with Gasteiger partial charge in [0.2, 0.25) is 0 Å². The minimum absolute atomic E-state index is 0.208. The number of hydrogen-bond donors (Lipinski definition) is 3. The van der Waals surface area contributed by atoms with Crippen LogP contribution in [0.5, 0.6) is 0 Å². The Kier molecular flexibility index (Phi) is 6.83. The number of nitrogens with two attached hydrogens (primary N) is 2. The topological polar surface area (TPSA) is 133 Å². The van der Waals surface area contributed by atoms with E-state index in [1.165, 1.54) is 12.3 Å². The molecular formula is C27H24N6O2. The molecule has 0 fully saturated rings. The van der Waals surface area contributed by atoms with E-state index in [4.69, 9.17) is 11.5 Å². The highest BCUT2D eigenvalue weighted by molar-refractivity contribution is 5.50. The number of benzene rings is 3. The Morgan fingerprint density at radius 1 is 0.629 bits per heavy atom. The number of hydrogen-bond acceptors (Lipinski definition) is 6. The monoisotopic (exact) mass is 464 g/mol. The zero-order chi connectivity index (χ0) is 24.7. The third-order valence-corrected chi connectivity index (χ3v) is 5.45. The first-order chi connectivity index (χ1) is 17.0. The molecule has 0 bridgehead atoms. The van der Waals surface area contributed by atoms with Crippen molar-refractivity contribution in [1.82, 2.24) is 19.5 Å². The van der Waals surface area contributed by atoms with Crippen molar-refractivity contribution in [1.29, 1.82) is 0 Å². The van der Waals surface area contributed by atoms with Crippen LogP contribution in [-0.2, 0) is 5.54 Å². The van der Waals surface area contributed by atoms with Gasteiger partial charge in [-0.05, 0) is 28.8 Å². The molecule has 5 aromatic rings. The molecular weight excluding hydrogens is 440 g/mol. The van der Waals surface area contributed by atoms with Crippen molar-refractivity contribution in [3.63, 3.8) is 0 Å². The van der Waals surface area contributed by atoms with Crippen LogP contribution in [0.15, 0.2) is 125 Å². The molecule has 0 spiro atoms. The van der Waals surface area contributed by atoms with E-state index in [0.717, 1.165) is 16.7 Å². The molecule has 0 radical (unpaired) electrons. The third kappa shape index (κ3) is 4.86. The van der Waals surface area contributed by atoms with Crippen LogP contribution in [0, 0.1) is 0 Å². The Bertz CT molecular complexity index is 1400. The molecule has 5 N–H and O–H groups in total. The Balaban J connectivity index is 0.000000308. The fourth-order valence-corrected chi connectivity index (χ4v) is 4.01. The molecule has 0 saturated carbocycles. The first-order valence-corrected chi connectivity index (χ1v) is 10.9. The number of rotatable bonds is 4. The highest BCUT2D eigenvalue weighted by Crippen LogP contribution is 2.39. The van der Waals surface area contributed by atoms with Gasteiger partial charge in [-0.1, -0.05) is 91.0 Å². The summed E-state index contributed by atoms with van der Waals surface area (Å²) in [6.45, 7) is 0. The Morgan fingerprint density at radius 3 is 1.46 bits per heavy atom. The third-order valence-electron chi connectivity index (χ3n) is 5.45. The molecule has 174 valence electrons. The maximum absolute atomic E-state index is 13.0. The summed E-state index contributed by atoms with van der Waals surface area (Å²) in [6.07, 6.45) is 3.17. The minimum atomic E-state index is -0.860. The van der Waals surface area contributed by atoms with Crippen molar-refractivity contribution in [3.8, 4) is 0 Å². The van der Waals surface area contributed by atoms with E-state index < -0.39 is 16.9 Å². The number of nitrogen functional groups attached to an aromatic ring is 2. The van der Waals surface area contributed by atoms with Crippen molar-refractivity contribution in [2.45, 2.75) is 5.54 Å². The first kappa shape index (κ1) is 23.2. The van der Waals surface area contributed by atoms with Crippen LogP contribution in [0.1, 0.15) is 16.7 Å². The number of H-pyrrole nitrogens is 1. The van der Waals surface area contributed by atoms with Gasteiger partial charge in [-0.25, -0.2) is 9.59 Å². The second-order valence-corrected chi connectivity index (χ2v) is 7.63. The average molecular weight is 465 g/mol. The molecule has 0 aliphatic heterocycles. The molecule has 0 aliphatic rings. The largest absolute Gasteiger partial charge is 0.383 e. The Labute approximate surface area is 201 Å². The SMILES string of the molecule is Nc1cc[nH]c(=O)n1.Nc1ccn(C(c2ccccc2)(c2ccccc2)c2ccccc2)c(=O)n1. The van der Waals surface area contributed by atoms with Crippen molar-refractivity contribution >= 4 is 11.6 Å². The molecule has 0 saturated heterocycles. The fraction of sp³-hybridized carbons (Fsp3) is 0.0370. The van der Waals surface area contributed by atoms with Gasteiger partial charge in [0.25, 0.3) is 0 Å². The summed E-state index contributed by atoms with van der Waals surface area (Å²) in [5, 5.41) is 0. The van der Waals surface area contributed by atoms with E-state index in [0.29, 0.717) is 0 Å². The molecule has 8 heteroatoms. The summed E-state index contributed by atoms with van der Waals surface area (Å²) >= 11 is 0. The predicted octanol–water partition coefficient (Wildman–Crippen LogP) is 3.02. The second kappa shape index (κ2) is 10.3. The Morgan fingerprint density at radius 2 is 1.09 bits per heavy atom. The summed E-state index contributed by atoms with van der Waals surface area (Å²) < 4.78 is 1.66. The zero-order valence-electron chi connectivity index (χ0n) is 18.8. The Hall–Kier alpha value is -4.98. The predicted molar refractivity (Wildman–Crippen MR) is 137 cm³/mol. The summed E-state index contributed by atoms with van der Waals surface area (Å²) in [5.74, 6) is 0.452. The van der Waals surface area contributed by atoms with Crippen LogP contribution >= 0.6 is 0 Å². The van der Waals surface area contributed by atoms with Gasteiger partial charge in [-0.2, -0.15) is 9.97 Å². The van der Waals surface area contributed by atoms with Crippen LogP contribution in [0.2, 0.25) is 0 Å². The van der Waals surface area contributed by atoms with Gasteiger partial charge < -0.3 is 16.5 Å². The lowest BCUT2D eigenvalue weighted by molar-refractivity contribution is 0.488. The van der Waals surface area contributed by atoms with E-state index >= 15 is 0 Å². The van der Waals surface area contributed by atoms with Crippen LogP contribution < -0.4 is 22.8 Å². The summed E-state index contributed by atoms with van der Waals surface area (Å²) in [6, 6.07) is 33.1. The van der Waals surface area contributed by atoms with E-state index in [1.807, 2.05) is 91.0 Å². The summed E-state index contributed by atoms with van der Waals surface area (Å²) in [7, 11) is 0. The normalized spacial score (nSPS) is 10.7. The molecule has 8 nitrogen and oxygen atoms in total. The quantitative estimate of drug-likeness (QED) is 0.350. The molecule has 3 aromatic carbocycles. The second-order valence-electron chi connectivity index (χ2n) is 7.63. The van der Waals surface area contributed by atoms with Crippen LogP contribution in [0.25, 0.3) is 0 Å². The molecule has 5 rings (SSSR count). The van der Waals surface area contributed by atoms with Gasteiger partial charge in [0.15, 0.2) is 0 Å². The molecule has 0 amide bonds. The fourth-order valence-electron chi connectivity index (χ4n) is 4.01. The lowest BCUT2D eigenvalue weighted by Crippen LogP contribution is -2.44. The molecule has 0 atom stereocenters. The molecule has 2 aromatic heterocycles. The van der Waals surface area contributed by atoms with Crippen molar-refractivity contribution in [3.05, 3.63) is 153 Å². The smallest absolute Gasteiger partial charge is 0.350 e. The lowest BCUT2D eigenvalue weighted by Gasteiger charge is -2.37. The standard InChI is InChI=1S/C23H19N3O.C4H5N3O/c24-21-16-17-26(22(27)25-21)23(18-10-4-1-5-11-18,19-12-6-2-7-13-19)20-14-8-3-9-15-20;5-3-1-2-6-4(8)7-3/h1-17H,(H2,24,25,27);1-2H,(H3,5,6,7,8). The number of nitrogens with zero attached hydrogens (tertiary/aromatic N) is 3. The number of nitrogens with one attached hydrogen (secondary N) is 1. The van der Waals surface area contributed by atoms with Gasteiger partial charge in [-0.3, -0.25) is 4.57 Å². The highest BCUT2D eigenvalue weighted by Gasteiger charge is 2.39. The number of aromatic nitrogens is 4. The average Bonchev–Trinajstić information content (AvgIpc) is 2.88. The van der Waals surface area contributed by atoms with Gasteiger partial charge in [0.05, 0.1) is 0 Å². The van der Waals surface area contributed by atoms with Crippen LogP contribution in [-0.4, -0.2) is 19.5 Å². The maximum Gasteiger partial charge on any atom is 0.350 e. The van der Waals surface area contributed by atoms with Gasteiger partial charge in [0.1, 0.15) is 17.2 Å². The van der Waals surface area contributed by atoms with Crippen LogP contribution in [0.3, 0.4) is 0 Å². The minimum Gasteiger partial charge on any atom is -0.383 e. The maximum atomic E-state index is 13.0. The van der Waals surface area contributed by atoms with Crippen molar-refractivity contribution < 1.29 is 0 Å². The molecule has 0 aliphatic carbocycles. The molecule has 2 heterocycles. The van der Waals surface area contributed by atoms with Crippen LogP contribution in [0.4, 0.5) is 11.6 Å². The van der Waals surface area contributed by atoms with E-state index in [-0.39, 0.29) is 11.6 Å². The first-order valence-electron chi connectivity index (χ1n) is 10.9. The number of anilines is 2. The van der Waals surface area contributed by atoms with Gasteiger partial charge in [-0.15, -0.1) is 0 Å². The van der Waals surface area contributed by atoms with E-state index in [2.05, 4.69) is 15.0 Å². The molecule has 35 heavy (non-hydrogen) atoms. The highest BCUT2D eigenvalue weighted by atomic mass is 16.1.